The first kappa shape index (κ1) is 47.6. The van der Waals surface area contributed by atoms with Crippen LogP contribution in [-0.2, 0) is 4.79 Å². The molecule has 3 atom stereocenters. The number of aliphatic hydroxyl groups is 3. The molecule has 1 amide bonds. The molecule has 0 bridgehead atoms. The Morgan fingerprint density at radius 1 is 0.510 bits per heavy atom. The summed E-state index contributed by atoms with van der Waals surface area (Å²) in [5.74, 6) is -0.328. The van der Waals surface area contributed by atoms with E-state index in [0.29, 0.717) is 6.42 Å². The van der Waals surface area contributed by atoms with E-state index in [4.69, 9.17) is 0 Å². The van der Waals surface area contributed by atoms with E-state index in [1.807, 2.05) is 6.08 Å². The Morgan fingerprint density at radius 3 is 1.31 bits per heavy atom. The molecule has 4 N–H and O–H groups in total. The lowest BCUT2D eigenvalue weighted by Gasteiger charge is -2.21. The van der Waals surface area contributed by atoms with Crippen molar-refractivity contribution in [2.45, 2.75) is 231 Å². The third-order valence-corrected chi connectivity index (χ3v) is 9.66. The number of hydrogen-bond donors (Lipinski definition) is 4. The number of amides is 1. The van der Waals surface area contributed by atoms with Crippen LogP contribution in [0, 0.1) is 0 Å². The van der Waals surface area contributed by atoms with Crippen LogP contribution < -0.4 is 5.32 Å². The van der Waals surface area contributed by atoms with Crippen molar-refractivity contribution in [1.29, 1.82) is 0 Å². The summed E-state index contributed by atoms with van der Waals surface area (Å²) >= 11 is 0. The summed E-state index contributed by atoms with van der Waals surface area (Å²) in [6.07, 6.45) is 48.5. The molecule has 5 heteroatoms. The van der Waals surface area contributed by atoms with Crippen molar-refractivity contribution in [2.24, 2.45) is 0 Å². The third kappa shape index (κ3) is 36.2. The molecular formula is C44H83NO4. The maximum Gasteiger partial charge on any atom is 0.222 e. The highest BCUT2D eigenvalue weighted by molar-refractivity contribution is 5.76. The first-order valence-corrected chi connectivity index (χ1v) is 21.3. The van der Waals surface area contributed by atoms with Gasteiger partial charge in [-0.25, -0.2) is 0 Å². The van der Waals surface area contributed by atoms with Crippen LogP contribution in [0.2, 0.25) is 0 Å². The van der Waals surface area contributed by atoms with Crippen LogP contribution in [-0.4, -0.2) is 46.1 Å². The highest BCUT2D eigenvalue weighted by atomic mass is 16.3. The minimum atomic E-state index is -0.957. The van der Waals surface area contributed by atoms with Crippen molar-refractivity contribution in [3.63, 3.8) is 0 Å². The van der Waals surface area contributed by atoms with Gasteiger partial charge in [-0.15, -0.1) is 0 Å². The summed E-state index contributed by atoms with van der Waals surface area (Å²) in [6.45, 7) is 4.19. The molecule has 0 aliphatic heterocycles. The van der Waals surface area contributed by atoms with Gasteiger partial charge in [-0.05, 0) is 44.9 Å². The van der Waals surface area contributed by atoms with Gasteiger partial charge in [0.05, 0.1) is 31.3 Å². The predicted octanol–water partition coefficient (Wildman–Crippen LogP) is 12.0. The number of hydrogen-bond acceptors (Lipinski definition) is 4. The lowest BCUT2D eigenvalue weighted by atomic mass is 10.0. The Bertz CT molecular complexity index is 764. The van der Waals surface area contributed by atoms with E-state index in [1.165, 1.54) is 148 Å². The van der Waals surface area contributed by atoms with E-state index < -0.39 is 18.2 Å². The molecule has 0 heterocycles. The van der Waals surface area contributed by atoms with Gasteiger partial charge in [-0.2, -0.15) is 0 Å². The summed E-state index contributed by atoms with van der Waals surface area (Å²) in [4.78, 5) is 12.4. The standard InChI is InChI=1S/C44H83NO4/c1-3-5-7-9-11-13-15-17-19-21-23-25-27-29-31-33-35-37-41(47)39-44(49)45-42(40-46)43(48)38-36-34-32-30-28-26-24-22-20-18-16-14-12-10-8-6-4-2/h20,22,28,30,36,38,41-43,46-48H,3-19,21,23-27,29,31-35,37,39-40H2,1-2H3,(H,45,49)/b22-20+,30-28+,38-36+. The van der Waals surface area contributed by atoms with E-state index in [1.54, 1.807) is 6.08 Å². The number of carbonyl (C=O) groups is 1. The average molecular weight is 690 g/mol. The first-order chi connectivity index (χ1) is 24.0. The molecule has 0 aromatic rings. The highest BCUT2D eigenvalue weighted by Gasteiger charge is 2.20. The third-order valence-electron chi connectivity index (χ3n) is 9.66. The molecule has 0 fully saturated rings. The number of unbranched alkanes of at least 4 members (excludes halogenated alkanes) is 25. The molecule has 5 nitrogen and oxygen atoms in total. The number of rotatable bonds is 38. The molecule has 0 aromatic heterocycles. The van der Waals surface area contributed by atoms with Gasteiger partial charge in [0.1, 0.15) is 0 Å². The maximum absolute atomic E-state index is 12.4. The van der Waals surface area contributed by atoms with Crippen LogP contribution in [0.25, 0.3) is 0 Å². The molecule has 0 aliphatic carbocycles. The summed E-state index contributed by atoms with van der Waals surface area (Å²) in [6, 6.07) is -0.764. The molecule has 0 aliphatic rings. The minimum absolute atomic E-state index is 0.00486. The zero-order valence-corrected chi connectivity index (χ0v) is 32.6. The monoisotopic (exact) mass is 690 g/mol. The predicted molar refractivity (Wildman–Crippen MR) is 213 cm³/mol. The van der Waals surface area contributed by atoms with Crippen molar-refractivity contribution in [2.75, 3.05) is 6.61 Å². The number of aliphatic hydroxyl groups excluding tert-OH is 3. The quantitative estimate of drug-likeness (QED) is 0.0384. The summed E-state index contributed by atoms with van der Waals surface area (Å²) in [5.41, 5.74) is 0. The van der Waals surface area contributed by atoms with Gasteiger partial charge in [-0.1, -0.05) is 198 Å². The van der Waals surface area contributed by atoms with E-state index in [2.05, 4.69) is 43.5 Å². The van der Waals surface area contributed by atoms with Crippen molar-refractivity contribution >= 4 is 5.91 Å². The average Bonchev–Trinajstić information content (AvgIpc) is 3.09. The Kier molecular flexibility index (Phi) is 38.2. The summed E-state index contributed by atoms with van der Waals surface area (Å²) in [5, 5.41) is 33.2. The SMILES string of the molecule is CCCCCCCCC/C=C/CC/C=C/CC/C=C/C(O)C(CO)NC(=O)CC(O)CCCCCCCCCCCCCCCCCCC. The zero-order chi connectivity index (χ0) is 35.9. The van der Waals surface area contributed by atoms with Gasteiger partial charge in [0.25, 0.3) is 0 Å². The van der Waals surface area contributed by atoms with Crippen LogP contribution in [0.5, 0.6) is 0 Å². The summed E-state index contributed by atoms with van der Waals surface area (Å²) in [7, 11) is 0. The topological polar surface area (TPSA) is 89.8 Å². The molecule has 3 unspecified atom stereocenters. The van der Waals surface area contributed by atoms with E-state index in [-0.39, 0.29) is 18.9 Å². The van der Waals surface area contributed by atoms with Crippen LogP contribution in [0.3, 0.4) is 0 Å². The van der Waals surface area contributed by atoms with Gasteiger partial charge in [-0.3, -0.25) is 4.79 Å². The van der Waals surface area contributed by atoms with Crippen molar-refractivity contribution < 1.29 is 20.1 Å². The molecule has 0 radical (unpaired) electrons. The van der Waals surface area contributed by atoms with E-state index in [0.717, 1.165) is 38.5 Å². The second-order valence-corrected chi connectivity index (χ2v) is 14.6. The minimum Gasteiger partial charge on any atom is -0.394 e. The lowest BCUT2D eigenvalue weighted by Crippen LogP contribution is -2.45. The van der Waals surface area contributed by atoms with Crippen LogP contribution in [0.15, 0.2) is 36.5 Å². The maximum atomic E-state index is 12.4. The molecular weight excluding hydrogens is 606 g/mol. The fourth-order valence-corrected chi connectivity index (χ4v) is 6.37. The zero-order valence-electron chi connectivity index (χ0n) is 32.6. The Hall–Kier alpha value is -1.43. The van der Waals surface area contributed by atoms with Gasteiger partial charge >= 0.3 is 0 Å². The smallest absolute Gasteiger partial charge is 0.222 e. The Labute approximate surface area is 304 Å². The molecule has 0 saturated heterocycles. The number of allylic oxidation sites excluding steroid dienone is 5. The fraction of sp³-hybridized carbons (Fsp3) is 0.841. The highest BCUT2D eigenvalue weighted by Crippen LogP contribution is 2.15. The molecule has 49 heavy (non-hydrogen) atoms. The van der Waals surface area contributed by atoms with Gasteiger partial charge in [0.15, 0.2) is 0 Å². The Balaban J connectivity index is 3.74. The largest absolute Gasteiger partial charge is 0.394 e. The molecule has 0 saturated carbocycles. The second-order valence-electron chi connectivity index (χ2n) is 14.6. The molecule has 0 rings (SSSR count). The number of nitrogens with one attached hydrogen (secondary N) is 1. The van der Waals surface area contributed by atoms with Crippen LogP contribution >= 0.6 is 0 Å². The van der Waals surface area contributed by atoms with E-state index >= 15 is 0 Å². The fourth-order valence-electron chi connectivity index (χ4n) is 6.37. The van der Waals surface area contributed by atoms with E-state index in [9.17, 15) is 20.1 Å². The second kappa shape index (κ2) is 39.4. The number of carbonyl (C=O) groups excluding carboxylic acids is 1. The molecule has 0 spiro atoms. The molecule has 288 valence electrons. The van der Waals surface area contributed by atoms with Gasteiger partial charge < -0.3 is 20.6 Å². The lowest BCUT2D eigenvalue weighted by molar-refractivity contribution is -0.124. The molecule has 0 aromatic carbocycles. The van der Waals surface area contributed by atoms with Crippen molar-refractivity contribution in [3.8, 4) is 0 Å². The first-order valence-electron chi connectivity index (χ1n) is 21.3. The normalized spacial score (nSPS) is 14.0. The summed E-state index contributed by atoms with van der Waals surface area (Å²) < 4.78 is 0. The van der Waals surface area contributed by atoms with Gasteiger partial charge in [0.2, 0.25) is 5.91 Å². The van der Waals surface area contributed by atoms with Crippen LogP contribution in [0.4, 0.5) is 0 Å². The van der Waals surface area contributed by atoms with Crippen molar-refractivity contribution in [3.05, 3.63) is 36.5 Å². The van der Waals surface area contributed by atoms with Gasteiger partial charge in [0, 0.05) is 0 Å². The van der Waals surface area contributed by atoms with Crippen LogP contribution in [0.1, 0.15) is 213 Å². The van der Waals surface area contributed by atoms with Crippen molar-refractivity contribution in [1.82, 2.24) is 5.32 Å². The Morgan fingerprint density at radius 2 is 0.878 bits per heavy atom.